The molecule has 0 aliphatic rings. The van der Waals surface area contributed by atoms with E-state index in [0.29, 0.717) is 37.9 Å². The molecule has 3 rings (SSSR count). The highest BCUT2D eigenvalue weighted by molar-refractivity contribution is 6.35. The molecule has 0 radical (unpaired) electrons. The number of halogens is 3. The first-order valence-corrected chi connectivity index (χ1v) is 11.5. The second-order valence-electron chi connectivity index (χ2n) is 8.03. The molecule has 0 fully saturated rings. The molecule has 0 saturated carbocycles. The number of ether oxygens (including phenoxy) is 2. The summed E-state index contributed by atoms with van der Waals surface area (Å²) in [4.78, 5) is 0. The predicted molar refractivity (Wildman–Crippen MR) is 133 cm³/mol. The third-order valence-corrected chi connectivity index (χ3v) is 6.03. The van der Waals surface area contributed by atoms with Crippen molar-refractivity contribution >= 4 is 34.8 Å². The van der Waals surface area contributed by atoms with E-state index in [1.807, 2.05) is 24.3 Å². The van der Waals surface area contributed by atoms with Gasteiger partial charge in [-0.25, -0.2) is 0 Å². The summed E-state index contributed by atoms with van der Waals surface area (Å²) in [5, 5.41) is 20.6. The second kappa shape index (κ2) is 11.4. The Bertz CT molecular complexity index is 1090. The van der Waals surface area contributed by atoms with Crippen LogP contribution in [-0.4, -0.2) is 22.9 Å². The predicted octanol–water partition coefficient (Wildman–Crippen LogP) is 6.33. The molecule has 0 heterocycles. The molecule has 33 heavy (non-hydrogen) atoms. The quantitative estimate of drug-likeness (QED) is 0.297. The normalized spacial score (nSPS) is 13.9. The summed E-state index contributed by atoms with van der Waals surface area (Å²) in [6, 6.07) is 17.7. The van der Waals surface area contributed by atoms with Crippen LogP contribution in [0.15, 0.2) is 60.7 Å². The molecule has 8 heteroatoms. The molecule has 2 unspecified atom stereocenters. The Hall–Kier alpha value is -1.99. The van der Waals surface area contributed by atoms with Crippen molar-refractivity contribution in [1.29, 1.82) is 0 Å². The lowest BCUT2D eigenvalue weighted by molar-refractivity contribution is 0.103. The molecule has 0 amide bonds. The Labute approximate surface area is 208 Å². The average Bonchev–Trinajstić information content (AvgIpc) is 2.73. The van der Waals surface area contributed by atoms with Gasteiger partial charge in [0.05, 0.1) is 6.10 Å². The average molecular weight is 511 g/mol. The molecule has 4 N–H and O–H groups in total. The van der Waals surface area contributed by atoms with Crippen LogP contribution in [-0.2, 0) is 12.1 Å². The van der Waals surface area contributed by atoms with Crippen molar-refractivity contribution in [2.75, 3.05) is 6.61 Å². The second-order valence-corrected chi connectivity index (χ2v) is 9.28. The first-order chi connectivity index (χ1) is 15.7. The summed E-state index contributed by atoms with van der Waals surface area (Å²) >= 11 is 18.6. The standard InChI is InChI=1S/C25H26Cl3NO4/c1-25(29,14-18(31)9-10-30)22-8-7-21(13-24(22)28)33-20-4-2-3-19(12-20)32-15-16-5-6-17(26)11-23(16)27/h2-8,11-13,18,30-31H,9-10,14-15,29H2,1H3. The Morgan fingerprint density at radius 1 is 0.939 bits per heavy atom. The van der Waals surface area contributed by atoms with Gasteiger partial charge in [-0.05, 0) is 61.7 Å². The molecule has 0 saturated heterocycles. The molecule has 0 spiro atoms. The fourth-order valence-corrected chi connectivity index (χ4v) is 4.29. The summed E-state index contributed by atoms with van der Waals surface area (Å²) in [6.07, 6.45) is -0.193. The van der Waals surface area contributed by atoms with Gasteiger partial charge in [-0.1, -0.05) is 53.0 Å². The molecule has 3 aromatic carbocycles. The van der Waals surface area contributed by atoms with Gasteiger partial charge in [0.2, 0.25) is 0 Å². The summed E-state index contributed by atoms with van der Waals surface area (Å²) in [6.45, 7) is 1.98. The van der Waals surface area contributed by atoms with Crippen LogP contribution in [0.25, 0.3) is 0 Å². The third-order valence-electron chi connectivity index (χ3n) is 5.13. The van der Waals surface area contributed by atoms with E-state index in [0.717, 1.165) is 5.56 Å². The zero-order valence-electron chi connectivity index (χ0n) is 18.1. The van der Waals surface area contributed by atoms with Crippen molar-refractivity contribution in [2.45, 2.75) is 38.0 Å². The van der Waals surface area contributed by atoms with Gasteiger partial charge in [-0.3, -0.25) is 0 Å². The Kier molecular flexibility index (Phi) is 8.88. The van der Waals surface area contributed by atoms with Gasteiger partial charge in [0, 0.05) is 38.8 Å². The minimum atomic E-state index is -0.860. The van der Waals surface area contributed by atoms with Gasteiger partial charge >= 0.3 is 0 Å². The zero-order chi connectivity index (χ0) is 24.0. The highest BCUT2D eigenvalue weighted by atomic mass is 35.5. The van der Waals surface area contributed by atoms with Crippen molar-refractivity contribution < 1.29 is 19.7 Å². The summed E-state index contributed by atoms with van der Waals surface area (Å²) in [7, 11) is 0. The number of aliphatic hydroxyl groups is 2. The molecule has 0 aliphatic carbocycles. The fraction of sp³-hybridized carbons (Fsp3) is 0.280. The SMILES string of the molecule is CC(N)(CC(O)CCO)c1ccc(Oc2cccc(OCc3ccc(Cl)cc3Cl)c2)cc1Cl. The van der Waals surface area contributed by atoms with Gasteiger partial charge < -0.3 is 25.4 Å². The lowest BCUT2D eigenvalue weighted by Gasteiger charge is -2.29. The Morgan fingerprint density at radius 2 is 1.67 bits per heavy atom. The Morgan fingerprint density at radius 3 is 2.36 bits per heavy atom. The van der Waals surface area contributed by atoms with Gasteiger partial charge in [0.25, 0.3) is 0 Å². The summed E-state index contributed by atoms with van der Waals surface area (Å²) in [5.41, 5.74) is 7.04. The zero-order valence-corrected chi connectivity index (χ0v) is 20.4. The van der Waals surface area contributed by atoms with Crippen molar-refractivity contribution in [3.8, 4) is 17.2 Å². The summed E-state index contributed by atoms with van der Waals surface area (Å²) < 4.78 is 11.8. The van der Waals surface area contributed by atoms with E-state index < -0.39 is 11.6 Å². The molecule has 5 nitrogen and oxygen atoms in total. The lowest BCUT2D eigenvalue weighted by Crippen LogP contribution is -2.37. The number of hydrogen-bond acceptors (Lipinski definition) is 5. The molecule has 3 aromatic rings. The highest BCUT2D eigenvalue weighted by Crippen LogP contribution is 2.35. The van der Waals surface area contributed by atoms with Crippen LogP contribution in [0.3, 0.4) is 0 Å². The van der Waals surface area contributed by atoms with Crippen LogP contribution in [0.4, 0.5) is 0 Å². The van der Waals surface area contributed by atoms with E-state index in [9.17, 15) is 5.11 Å². The molecule has 0 bridgehead atoms. The summed E-state index contributed by atoms with van der Waals surface area (Å²) in [5.74, 6) is 1.73. The maximum Gasteiger partial charge on any atom is 0.131 e. The maximum atomic E-state index is 10.0. The number of benzene rings is 3. The van der Waals surface area contributed by atoms with E-state index in [4.69, 9.17) is 55.1 Å². The maximum absolute atomic E-state index is 10.0. The van der Waals surface area contributed by atoms with Gasteiger partial charge in [-0.15, -0.1) is 0 Å². The van der Waals surface area contributed by atoms with Crippen LogP contribution < -0.4 is 15.2 Å². The van der Waals surface area contributed by atoms with E-state index in [-0.39, 0.29) is 26.1 Å². The van der Waals surface area contributed by atoms with Crippen LogP contribution >= 0.6 is 34.8 Å². The monoisotopic (exact) mass is 509 g/mol. The first-order valence-electron chi connectivity index (χ1n) is 10.4. The molecule has 0 aliphatic heterocycles. The molecular weight excluding hydrogens is 485 g/mol. The molecule has 0 aromatic heterocycles. The largest absolute Gasteiger partial charge is 0.489 e. The molecule has 2 atom stereocenters. The first kappa shape index (κ1) is 25.6. The molecule has 176 valence electrons. The number of hydrogen-bond donors (Lipinski definition) is 3. The van der Waals surface area contributed by atoms with Gasteiger partial charge in [0.1, 0.15) is 23.9 Å². The Balaban J connectivity index is 1.68. The number of nitrogens with two attached hydrogens (primary N) is 1. The van der Waals surface area contributed by atoms with Gasteiger partial charge in [0.15, 0.2) is 0 Å². The van der Waals surface area contributed by atoms with Crippen LogP contribution in [0.1, 0.15) is 30.9 Å². The highest BCUT2D eigenvalue weighted by Gasteiger charge is 2.27. The van der Waals surface area contributed by atoms with Crippen molar-refractivity contribution in [2.24, 2.45) is 5.73 Å². The van der Waals surface area contributed by atoms with Crippen molar-refractivity contribution in [3.63, 3.8) is 0 Å². The number of aliphatic hydroxyl groups excluding tert-OH is 2. The van der Waals surface area contributed by atoms with E-state index >= 15 is 0 Å². The lowest BCUT2D eigenvalue weighted by atomic mass is 9.86. The topological polar surface area (TPSA) is 84.9 Å². The van der Waals surface area contributed by atoms with Crippen molar-refractivity contribution in [1.82, 2.24) is 0 Å². The van der Waals surface area contributed by atoms with Crippen molar-refractivity contribution in [3.05, 3.63) is 86.9 Å². The van der Waals surface area contributed by atoms with E-state index in [2.05, 4.69) is 0 Å². The van der Waals surface area contributed by atoms with Crippen LogP contribution in [0.2, 0.25) is 15.1 Å². The van der Waals surface area contributed by atoms with Crippen LogP contribution in [0.5, 0.6) is 17.2 Å². The minimum Gasteiger partial charge on any atom is -0.489 e. The van der Waals surface area contributed by atoms with Gasteiger partial charge in [-0.2, -0.15) is 0 Å². The fourth-order valence-electron chi connectivity index (χ4n) is 3.44. The molecular formula is C25H26Cl3NO4. The third kappa shape index (κ3) is 7.24. The van der Waals surface area contributed by atoms with E-state index in [1.54, 1.807) is 43.3 Å². The van der Waals surface area contributed by atoms with E-state index in [1.165, 1.54) is 0 Å². The smallest absolute Gasteiger partial charge is 0.131 e. The number of rotatable bonds is 10. The van der Waals surface area contributed by atoms with Crippen LogP contribution in [0, 0.1) is 0 Å². The minimum absolute atomic E-state index is 0.104.